The molecule has 1 unspecified atom stereocenters. The number of aromatic nitrogens is 2. The Kier molecular flexibility index (Phi) is 4.24. The number of carboxylic acid groups (broad SMARTS) is 1. The van der Waals surface area contributed by atoms with Crippen LogP contribution in [-0.4, -0.2) is 20.6 Å². The molecule has 5 nitrogen and oxygen atoms in total. The zero-order valence-corrected chi connectivity index (χ0v) is 14.6. The van der Waals surface area contributed by atoms with Gasteiger partial charge in [-0.15, -0.1) is 11.3 Å². The minimum Gasteiger partial charge on any atom is -0.480 e. The van der Waals surface area contributed by atoms with E-state index >= 15 is 0 Å². The first-order valence-electron chi connectivity index (χ1n) is 7.74. The summed E-state index contributed by atoms with van der Waals surface area (Å²) in [4.78, 5) is 29.7. The smallest absolute Gasteiger partial charge is 0.326 e. The second kappa shape index (κ2) is 6.20. The number of rotatable bonds is 4. The lowest BCUT2D eigenvalue weighted by molar-refractivity contribution is -0.141. The standard InChI is InChI=1S/C18H18N2O3S/c1-4-14(18(22)23)20-11(3)19-16-15(17(20)21)13(9-24-16)12-7-5-10(2)6-8-12/h5-9,14H,4H2,1-3H3,(H,22,23). The van der Waals surface area contributed by atoms with Gasteiger partial charge in [0.15, 0.2) is 0 Å². The second-order valence-electron chi connectivity index (χ2n) is 5.79. The molecule has 0 fully saturated rings. The number of benzene rings is 1. The molecule has 0 aliphatic carbocycles. The molecule has 0 radical (unpaired) electrons. The van der Waals surface area contributed by atoms with Gasteiger partial charge in [0.05, 0.1) is 5.39 Å². The molecule has 0 amide bonds. The number of hydrogen-bond acceptors (Lipinski definition) is 4. The van der Waals surface area contributed by atoms with Gasteiger partial charge in [0.25, 0.3) is 5.56 Å². The van der Waals surface area contributed by atoms with Crippen LogP contribution < -0.4 is 5.56 Å². The molecule has 2 aromatic heterocycles. The molecule has 0 saturated carbocycles. The van der Waals surface area contributed by atoms with Crippen LogP contribution in [0.1, 0.15) is 30.8 Å². The fraction of sp³-hybridized carbons (Fsp3) is 0.278. The summed E-state index contributed by atoms with van der Waals surface area (Å²) in [6.07, 6.45) is 0.327. The van der Waals surface area contributed by atoms with E-state index in [0.29, 0.717) is 22.5 Å². The number of hydrogen-bond donors (Lipinski definition) is 1. The van der Waals surface area contributed by atoms with E-state index in [-0.39, 0.29) is 5.56 Å². The number of nitrogens with zero attached hydrogens (tertiary/aromatic N) is 2. The molecular formula is C18H18N2O3S. The molecule has 2 heterocycles. The van der Waals surface area contributed by atoms with Crippen molar-refractivity contribution in [2.24, 2.45) is 0 Å². The maximum atomic E-state index is 13.0. The summed E-state index contributed by atoms with van der Waals surface area (Å²) in [5.74, 6) is -0.588. The maximum Gasteiger partial charge on any atom is 0.326 e. The van der Waals surface area contributed by atoms with Crippen LogP contribution in [0.15, 0.2) is 34.4 Å². The summed E-state index contributed by atoms with van der Waals surface area (Å²) < 4.78 is 1.30. The largest absolute Gasteiger partial charge is 0.480 e. The van der Waals surface area contributed by atoms with Crippen LogP contribution in [0, 0.1) is 13.8 Å². The van der Waals surface area contributed by atoms with Gasteiger partial charge in [-0.3, -0.25) is 9.36 Å². The molecule has 0 spiro atoms. The van der Waals surface area contributed by atoms with Crippen LogP contribution in [0.2, 0.25) is 0 Å². The van der Waals surface area contributed by atoms with Gasteiger partial charge >= 0.3 is 5.97 Å². The molecular weight excluding hydrogens is 324 g/mol. The van der Waals surface area contributed by atoms with Gasteiger partial charge in [-0.2, -0.15) is 0 Å². The summed E-state index contributed by atoms with van der Waals surface area (Å²) in [6, 6.07) is 7.01. The molecule has 1 aromatic carbocycles. The highest BCUT2D eigenvalue weighted by molar-refractivity contribution is 7.17. The number of carboxylic acids is 1. The lowest BCUT2D eigenvalue weighted by atomic mass is 10.0. The van der Waals surface area contributed by atoms with Gasteiger partial charge in [-0.1, -0.05) is 36.8 Å². The molecule has 0 aliphatic rings. The Hall–Kier alpha value is -2.47. The third-order valence-corrected chi connectivity index (χ3v) is 5.03. The number of aryl methyl sites for hydroxylation is 2. The molecule has 3 aromatic rings. The number of aliphatic carboxylic acids is 1. The van der Waals surface area contributed by atoms with Crippen molar-refractivity contribution in [2.45, 2.75) is 33.2 Å². The van der Waals surface area contributed by atoms with Crippen molar-refractivity contribution >= 4 is 27.5 Å². The Morgan fingerprint density at radius 1 is 1.29 bits per heavy atom. The number of fused-ring (bicyclic) bond motifs is 1. The van der Waals surface area contributed by atoms with Gasteiger partial charge in [0.2, 0.25) is 0 Å². The Morgan fingerprint density at radius 3 is 2.54 bits per heavy atom. The normalized spacial score (nSPS) is 12.5. The first-order chi connectivity index (χ1) is 11.4. The van der Waals surface area contributed by atoms with Gasteiger partial charge < -0.3 is 5.11 Å². The van der Waals surface area contributed by atoms with E-state index in [2.05, 4.69) is 4.98 Å². The third kappa shape index (κ3) is 2.63. The van der Waals surface area contributed by atoms with Crippen LogP contribution in [0.3, 0.4) is 0 Å². The maximum absolute atomic E-state index is 13.0. The van der Waals surface area contributed by atoms with Gasteiger partial charge in [-0.25, -0.2) is 9.78 Å². The summed E-state index contributed by atoms with van der Waals surface area (Å²) in [5.41, 5.74) is 2.59. The van der Waals surface area contributed by atoms with Gasteiger partial charge in [0.1, 0.15) is 16.7 Å². The quantitative estimate of drug-likeness (QED) is 0.783. The summed E-state index contributed by atoms with van der Waals surface area (Å²) >= 11 is 1.41. The summed E-state index contributed by atoms with van der Waals surface area (Å²) in [7, 11) is 0. The minimum absolute atomic E-state index is 0.288. The van der Waals surface area contributed by atoms with Crippen molar-refractivity contribution in [1.29, 1.82) is 0 Å². The fourth-order valence-corrected chi connectivity index (χ4v) is 3.87. The highest BCUT2D eigenvalue weighted by Crippen LogP contribution is 2.31. The molecule has 0 saturated heterocycles. The highest BCUT2D eigenvalue weighted by atomic mass is 32.1. The van der Waals surface area contributed by atoms with Crippen LogP contribution >= 0.6 is 11.3 Å². The lowest BCUT2D eigenvalue weighted by Crippen LogP contribution is -2.32. The Morgan fingerprint density at radius 2 is 1.96 bits per heavy atom. The molecule has 3 rings (SSSR count). The van der Waals surface area contributed by atoms with Crippen LogP contribution in [-0.2, 0) is 4.79 Å². The average molecular weight is 342 g/mol. The van der Waals surface area contributed by atoms with Crippen molar-refractivity contribution in [2.75, 3.05) is 0 Å². The number of thiophene rings is 1. The second-order valence-corrected chi connectivity index (χ2v) is 6.65. The molecule has 6 heteroatoms. The Bertz CT molecular complexity index is 970. The zero-order chi connectivity index (χ0) is 17.4. The SMILES string of the molecule is CCC(C(=O)O)n1c(C)nc2scc(-c3ccc(C)cc3)c2c1=O. The van der Waals surface area contributed by atoms with Crippen molar-refractivity contribution in [3.8, 4) is 11.1 Å². The van der Waals surface area contributed by atoms with E-state index in [9.17, 15) is 14.7 Å². The first-order valence-corrected chi connectivity index (χ1v) is 8.62. The molecule has 24 heavy (non-hydrogen) atoms. The molecule has 1 atom stereocenters. The predicted octanol–water partition coefficient (Wildman–Crippen LogP) is 3.78. The van der Waals surface area contributed by atoms with E-state index in [0.717, 1.165) is 16.7 Å². The van der Waals surface area contributed by atoms with E-state index in [1.54, 1.807) is 13.8 Å². The average Bonchev–Trinajstić information content (AvgIpc) is 2.95. The Balaban J connectivity index is 2.30. The molecule has 124 valence electrons. The minimum atomic E-state index is -1.02. The summed E-state index contributed by atoms with van der Waals surface area (Å²) in [6.45, 7) is 5.44. The van der Waals surface area contributed by atoms with Crippen LogP contribution in [0.25, 0.3) is 21.3 Å². The molecule has 1 N–H and O–H groups in total. The topological polar surface area (TPSA) is 72.2 Å². The highest BCUT2D eigenvalue weighted by Gasteiger charge is 2.24. The van der Waals surface area contributed by atoms with E-state index in [1.165, 1.54) is 15.9 Å². The first kappa shape index (κ1) is 16.4. The van der Waals surface area contributed by atoms with Crippen molar-refractivity contribution in [3.63, 3.8) is 0 Å². The van der Waals surface area contributed by atoms with Crippen molar-refractivity contribution in [1.82, 2.24) is 9.55 Å². The van der Waals surface area contributed by atoms with Crippen molar-refractivity contribution in [3.05, 3.63) is 51.4 Å². The number of carbonyl (C=O) groups is 1. The van der Waals surface area contributed by atoms with Gasteiger partial charge in [-0.05, 0) is 25.8 Å². The summed E-state index contributed by atoms with van der Waals surface area (Å²) in [5, 5.41) is 11.8. The van der Waals surface area contributed by atoms with Crippen molar-refractivity contribution < 1.29 is 9.90 Å². The molecule has 0 aliphatic heterocycles. The zero-order valence-electron chi connectivity index (χ0n) is 13.7. The third-order valence-electron chi connectivity index (χ3n) is 4.16. The lowest BCUT2D eigenvalue weighted by Gasteiger charge is -2.16. The predicted molar refractivity (Wildman–Crippen MR) is 95.8 cm³/mol. The molecule has 0 bridgehead atoms. The monoisotopic (exact) mass is 342 g/mol. The van der Waals surface area contributed by atoms with E-state index in [4.69, 9.17) is 0 Å². The van der Waals surface area contributed by atoms with Crippen LogP contribution in [0.4, 0.5) is 0 Å². The van der Waals surface area contributed by atoms with Crippen LogP contribution in [0.5, 0.6) is 0 Å². The Labute approximate surface area is 143 Å². The van der Waals surface area contributed by atoms with E-state index in [1.807, 2.05) is 36.6 Å². The van der Waals surface area contributed by atoms with E-state index < -0.39 is 12.0 Å². The fourth-order valence-electron chi connectivity index (χ4n) is 2.89. The van der Waals surface area contributed by atoms with Gasteiger partial charge in [0, 0.05) is 10.9 Å².